The molecule has 25 heavy (non-hydrogen) atoms. The highest BCUT2D eigenvalue weighted by atomic mass is 16.5. The first-order valence-corrected chi connectivity index (χ1v) is 8.21. The van der Waals surface area contributed by atoms with Crippen LogP contribution in [0.2, 0.25) is 0 Å². The molecule has 1 saturated heterocycles. The van der Waals surface area contributed by atoms with E-state index in [1.807, 2.05) is 54.8 Å². The molecule has 2 heterocycles. The molecule has 1 aliphatic heterocycles. The molecule has 1 aromatic carbocycles. The van der Waals surface area contributed by atoms with E-state index in [9.17, 15) is 9.59 Å². The van der Waals surface area contributed by atoms with E-state index in [4.69, 9.17) is 9.47 Å². The van der Waals surface area contributed by atoms with Crippen LogP contribution in [0.5, 0.6) is 0 Å². The Morgan fingerprint density at radius 2 is 1.96 bits per heavy atom. The van der Waals surface area contributed by atoms with Gasteiger partial charge in [0, 0.05) is 30.1 Å². The van der Waals surface area contributed by atoms with Crippen molar-refractivity contribution in [1.29, 1.82) is 0 Å². The molecule has 1 fully saturated rings. The van der Waals surface area contributed by atoms with Crippen LogP contribution in [0.4, 0.5) is 0 Å². The lowest BCUT2D eigenvalue weighted by atomic mass is 9.98. The molecule has 1 amide bonds. The third-order valence-electron chi connectivity index (χ3n) is 4.64. The zero-order chi connectivity index (χ0) is 18.0. The Labute approximate surface area is 146 Å². The van der Waals surface area contributed by atoms with Crippen molar-refractivity contribution in [3.63, 3.8) is 0 Å². The molecule has 132 valence electrons. The van der Waals surface area contributed by atoms with E-state index in [0.29, 0.717) is 18.6 Å². The average molecular weight is 342 g/mol. The summed E-state index contributed by atoms with van der Waals surface area (Å²) in [6.45, 7) is 4.39. The average Bonchev–Trinajstić information content (AvgIpc) is 3.20. The largest absolute Gasteiger partial charge is 0.467 e. The van der Waals surface area contributed by atoms with E-state index < -0.39 is 11.5 Å². The summed E-state index contributed by atoms with van der Waals surface area (Å²) in [7, 11) is 1.32. The van der Waals surface area contributed by atoms with Gasteiger partial charge in [-0.3, -0.25) is 4.79 Å². The molecule has 1 N–H and O–H groups in total. The van der Waals surface area contributed by atoms with Gasteiger partial charge in [0.2, 0.25) is 0 Å². The lowest BCUT2D eigenvalue weighted by Crippen LogP contribution is -2.55. The SMILES string of the molecule is COC(=O)[C@]1(NC(=O)c2cc(C)n(-c3ccccc3)c2C)CCOC1. The van der Waals surface area contributed by atoms with Gasteiger partial charge in [-0.1, -0.05) is 18.2 Å². The second-order valence-corrected chi connectivity index (χ2v) is 6.29. The maximum Gasteiger partial charge on any atom is 0.334 e. The van der Waals surface area contributed by atoms with Crippen LogP contribution in [-0.4, -0.2) is 42.3 Å². The topological polar surface area (TPSA) is 69.6 Å². The highest BCUT2D eigenvalue weighted by Crippen LogP contribution is 2.24. The normalized spacial score (nSPS) is 19.6. The number of carbonyl (C=O) groups excluding carboxylic acids is 2. The number of nitrogens with one attached hydrogen (secondary N) is 1. The first kappa shape index (κ1) is 17.2. The van der Waals surface area contributed by atoms with Crippen LogP contribution in [0.15, 0.2) is 36.4 Å². The molecular formula is C19H22N2O4. The van der Waals surface area contributed by atoms with Crippen LogP contribution in [0.3, 0.4) is 0 Å². The Bertz CT molecular complexity index is 789. The Balaban J connectivity index is 1.92. The van der Waals surface area contributed by atoms with Crippen molar-refractivity contribution in [2.75, 3.05) is 20.3 Å². The fraction of sp³-hybridized carbons (Fsp3) is 0.368. The van der Waals surface area contributed by atoms with E-state index in [-0.39, 0.29) is 12.5 Å². The number of hydrogen-bond donors (Lipinski definition) is 1. The van der Waals surface area contributed by atoms with Gasteiger partial charge in [0.05, 0.1) is 19.3 Å². The Hall–Kier alpha value is -2.60. The van der Waals surface area contributed by atoms with E-state index in [1.165, 1.54) is 7.11 Å². The quantitative estimate of drug-likeness (QED) is 0.865. The van der Waals surface area contributed by atoms with Gasteiger partial charge in [0.25, 0.3) is 5.91 Å². The molecule has 0 saturated carbocycles. The number of para-hydroxylation sites is 1. The van der Waals surface area contributed by atoms with Gasteiger partial charge in [0.15, 0.2) is 5.54 Å². The van der Waals surface area contributed by atoms with E-state index in [2.05, 4.69) is 5.32 Å². The van der Waals surface area contributed by atoms with Crippen molar-refractivity contribution in [3.8, 4) is 5.69 Å². The summed E-state index contributed by atoms with van der Waals surface area (Å²) in [4.78, 5) is 25.0. The maximum absolute atomic E-state index is 12.9. The Morgan fingerprint density at radius 1 is 1.24 bits per heavy atom. The highest BCUT2D eigenvalue weighted by molar-refractivity contribution is 5.99. The van der Waals surface area contributed by atoms with Crippen LogP contribution in [-0.2, 0) is 14.3 Å². The Kier molecular flexibility index (Phi) is 4.63. The molecule has 0 unspecified atom stereocenters. The molecule has 3 rings (SSSR count). The predicted molar refractivity (Wildman–Crippen MR) is 92.9 cm³/mol. The molecule has 0 aliphatic carbocycles. The molecule has 0 radical (unpaired) electrons. The summed E-state index contributed by atoms with van der Waals surface area (Å²) in [5, 5.41) is 2.84. The number of benzene rings is 1. The van der Waals surface area contributed by atoms with Crippen LogP contribution >= 0.6 is 0 Å². The van der Waals surface area contributed by atoms with Crippen molar-refractivity contribution in [3.05, 3.63) is 53.3 Å². The van der Waals surface area contributed by atoms with Crippen molar-refractivity contribution < 1.29 is 19.1 Å². The fourth-order valence-corrected chi connectivity index (χ4v) is 3.32. The number of rotatable bonds is 4. The van der Waals surface area contributed by atoms with Crippen molar-refractivity contribution in [2.24, 2.45) is 0 Å². The molecule has 0 bridgehead atoms. The number of methoxy groups -OCH3 is 1. The maximum atomic E-state index is 12.9. The molecular weight excluding hydrogens is 320 g/mol. The third-order valence-corrected chi connectivity index (χ3v) is 4.64. The summed E-state index contributed by atoms with van der Waals surface area (Å²) in [5.74, 6) is -0.776. The number of aromatic nitrogens is 1. The van der Waals surface area contributed by atoms with Gasteiger partial charge in [-0.25, -0.2) is 4.79 Å². The molecule has 0 spiro atoms. The molecule has 1 aliphatic rings. The van der Waals surface area contributed by atoms with E-state index in [0.717, 1.165) is 17.1 Å². The molecule has 1 aromatic heterocycles. The Morgan fingerprint density at radius 3 is 2.56 bits per heavy atom. The fourth-order valence-electron chi connectivity index (χ4n) is 3.32. The second-order valence-electron chi connectivity index (χ2n) is 6.29. The zero-order valence-corrected chi connectivity index (χ0v) is 14.7. The second kappa shape index (κ2) is 6.72. The minimum Gasteiger partial charge on any atom is -0.467 e. The summed E-state index contributed by atoms with van der Waals surface area (Å²) in [6.07, 6.45) is 0.406. The van der Waals surface area contributed by atoms with Crippen molar-refractivity contribution >= 4 is 11.9 Å². The molecule has 6 nitrogen and oxygen atoms in total. The van der Waals surface area contributed by atoms with Crippen LogP contribution in [0.25, 0.3) is 5.69 Å². The van der Waals surface area contributed by atoms with Gasteiger partial charge in [0.1, 0.15) is 0 Å². The summed E-state index contributed by atoms with van der Waals surface area (Å²) < 4.78 is 12.2. The minimum atomic E-state index is -1.11. The number of amides is 1. The van der Waals surface area contributed by atoms with Crippen LogP contribution in [0, 0.1) is 13.8 Å². The zero-order valence-electron chi connectivity index (χ0n) is 14.7. The summed E-state index contributed by atoms with van der Waals surface area (Å²) in [6, 6.07) is 11.7. The number of esters is 1. The minimum absolute atomic E-state index is 0.128. The van der Waals surface area contributed by atoms with Crippen molar-refractivity contribution in [2.45, 2.75) is 25.8 Å². The standard InChI is InChI=1S/C19H22N2O4/c1-13-11-16(14(2)21(13)15-7-5-4-6-8-15)17(22)20-19(18(23)24-3)9-10-25-12-19/h4-8,11H,9-10,12H2,1-3H3,(H,20,22)/t19-/m0/s1. The van der Waals surface area contributed by atoms with E-state index in [1.54, 1.807) is 0 Å². The van der Waals surface area contributed by atoms with E-state index >= 15 is 0 Å². The summed E-state index contributed by atoms with van der Waals surface area (Å²) >= 11 is 0. The predicted octanol–water partition coefficient (Wildman–Crippen LogP) is 2.16. The van der Waals surface area contributed by atoms with Crippen molar-refractivity contribution in [1.82, 2.24) is 9.88 Å². The summed E-state index contributed by atoms with van der Waals surface area (Å²) in [5.41, 5.74) is 2.19. The van der Waals surface area contributed by atoms with Gasteiger partial charge >= 0.3 is 5.97 Å². The van der Waals surface area contributed by atoms with Crippen LogP contribution in [0.1, 0.15) is 28.2 Å². The lowest BCUT2D eigenvalue weighted by Gasteiger charge is -2.25. The number of carbonyl (C=O) groups is 2. The number of hydrogen-bond acceptors (Lipinski definition) is 4. The van der Waals surface area contributed by atoms with Gasteiger partial charge in [-0.15, -0.1) is 0 Å². The number of nitrogens with zero attached hydrogens (tertiary/aromatic N) is 1. The highest BCUT2D eigenvalue weighted by Gasteiger charge is 2.45. The number of aryl methyl sites for hydroxylation is 1. The van der Waals surface area contributed by atoms with Gasteiger partial charge in [-0.2, -0.15) is 0 Å². The monoisotopic (exact) mass is 342 g/mol. The molecule has 6 heteroatoms. The third kappa shape index (κ3) is 3.05. The smallest absolute Gasteiger partial charge is 0.334 e. The molecule has 2 aromatic rings. The number of ether oxygens (including phenoxy) is 2. The van der Waals surface area contributed by atoms with Gasteiger partial charge in [-0.05, 0) is 32.0 Å². The van der Waals surface area contributed by atoms with Crippen LogP contribution < -0.4 is 5.32 Å². The molecule has 1 atom stereocenters. The lowest BCUT2D eigenvalue weighted by molar-refractivity contribution is -0.148. The first-order chi connectivity index (χ1) is 12.0. The van der Waals surface area contributed by atoms with Gasteiger partial charge < -0.3 is 19.4 Å². The first-order valence-electron chi connectivity index (χ1n) is 8.21.